The molecule has 10 heteroatoms. The minimum absolute atomic E-state index is 0.197. The van der Waals surface area contributed by atoms with Gasteiger partial charge in [-0.3, -0.25) is 9.69 Å². The van der Waals surface area contributed by atoms with E-state index in [1.165, 1.54) is 23.6 Å². The summed E-state index contributed by atoms with van der Waals surface area (Å²) in [7, 11) is 0. The van der Waals surface area contributed by atoms with Crippen molar-refractivity contribution >= 4 is 35.8 Å². The minimum atomic E-state index is -1.01. The molecule has 1 aromatic carbocycles. The van der Waals surface area contributed by atoms with Gasteiger partial charge in [-0.25, -0.2) is 19.3 Å². The van der Waals surface area contributed by atoms with Crippen LogP contribution in [0.5, 0.6) is 0 Å². The van der Waals surface area contributed by atoms with Gasteiger partial charge in [0.05, 0.1) is 12.1 Å². The maximum absolute atomic E-state index is 13.8. The molecule has 9 nitrogen and oxygen atoms in total. The first-order valence-electron chi connectivity index (χ1n) is 14.2. The molecule has 1 heterocycles. The summed E-state index contributed by atoms with van der Waals surface area (Å²) in [6, 6.07) is 7.09. The molecule has 1 aliphatic heterocycles. The molecule has 0 saturated carbocycles. The van der Waals surface area contributed by atoms with E-state index < -0.39 is 64.9 Å². The first kappa shape index (κ1) is 35.2. The van der Waals surface area contributed by atoms with Crippen LogP contribution < -0.4 is 0 Å². The number of esters is 1. The van der Waals surface area contributed by atoms with Crippen molar-refractivity contribution in [3.8, 4) is 0 Å². The van der Waals surface area contributed by atoms with Crippen LogP contribution in [0.15, 0.2) is 43.0 Å². The smallest absolute Gasteiger partial charge is 0.417 e. The largest absolute Gasteiger partial charge is 0.458 e. The Morgan fingerprint density at radius 1 is 0.952 bits per heavy atom. The Labute approximate surface area is 255 Å². The van der Waals surface area contributed by atoms with E-state index in [0.29, 0.717) is 5.75 Å². The van der Waals surface area contributed by atoms with Gasteiger partial charge >= 0.3 is 18.2 Å². The lowest BCUT2D eigenvalue weighted by Gasteiger charge is -2.41. The molecule has 0 bridgehead atoms. The van der Waals surface area contributed by atoms with Gasteiger partial charge in [-0.2, -0.15) is 11.8 Å². The zero-order chi connectivity index (χ0) is 32.0. The summed E-state index contributed by atoms with van der Waals surface area (Å²) < 4.78 is 17.1. The molecular weight excluding hydrogens is 556 g/mol. The first-order valence-corrected chi connectivity index (χ1v) is 15.4. The Hall–Kier alpha value is -3.01. The fourth-order valence-electron chi connectivity index (χ4n) is 4.78. The number of nitrogens with zero attached hydrogens (tertiary/aromatic N) is 2. The molecular formula is C32H48N2O7S. The third-order valence-electron chi connectivity index (χ3n) is 6.23. The summed E-state index contributed by atoms with van der Waals surface area (Å²) in [5, 5.41) is 0. The van der Waals surface area contributed by atoms with E-state index in [4.69, 9.17) is 14.2 Å². The maximum atomic E-state index is 13.8. The predicted molar refractivity (Wildman–Crippen MR) is 165 cm³/mol. The van der Waals surface area contributed by atoms with Crippen LogP contribution >= 0.6 is 11.8 Å². The van der Waals surface area contributed by atoms with Crippen LogP contribution in [0.2, 0.25) is 0 Å². The van der Waals surface area contributed by atoms with Crippen LogP contribution in [0.25, 0.3) is 0 Å². The molecule has 3 amide bonds. The summed E-state index contributed by atoms with van der Waals surface area (Å²) in [5.41, 5.74) is -1.47. The molecule has 0 aromatic heterocycles. The van der Waals surface area contributed by atoms with Crippen LogP contribution in [-0.4, -0.2) is 74.5 Å². The van der Waals surface area contributed by atoms with Crippen molar-refractivity contribution in [2.45, 2.75) is 116 Å². The highest BCUT2D eigenvalue weighted by molar-refractivity contribution is 7.98. The number of hydrogen-bond acceptors (Lipinski definition) is 8. The van der Waals surface area contributed by atoms with Gasteiger partial charge in [0.2, 0.25) is 5.91 Å². The molecule has 0 aliphatic carbocycles. The van der Waals surface area contributed by atoms with E-state index in [1.807, 2.05) is 30.3 Å². The number of benzene rings is 1. The Morgan fingerprint density at radius 2 is 1.50 bits per heavy atom. The minimum Gasteiger partial charge on any atom is -0.458 e. The van der Waals surface area contributed by atoms with Gasteiger partial charge in [0.15, 0.2) is 0 Å². The molecule has 234 valence electrons. The van der Waals surface area contributed by atoms with Crippen molar-refractivity contribution in [2.24, 2.45) is 5.92 Å². The predicted octanol–water partition coefficient (Wildman–Crippen LogP) is 6.59. The van der Waals surface area contributed by atoms with Gasteiger partial charge in [0.1, 0.15) is 22.8 Å². The Bertz CT molecular complexity index is 1120. The first-order chi connectivity index (χ1) is 19.2. The van der Waals surface area contributed by atoms with E-state index in [-0.39, 0.29) is 12.2 Å². The Balaban J connectivity index is 2.65. The molecule has 1 aromatic rings. The van der Waals surface area contributed by atoms with Gasteiger partial charge in [-0.05, 0) is 74.3 Å². The number of rotatable bonds is 8. The Kier molecular flexibility index (Phi) is 11.7. The van der Waals surface area contributed by atoms with Crippen molar-refractivity contribution < 1.29 is 33.4 Å². The second-order valence-electron chi connectivity index (χ2n) is 13.5. The summed E-state index contributed by atoms with van der Waals surface area (Å²) in [6.45, 7) is 20.9. The average molecular weight is 605 g/mol. The number of carbonyl (C=O) groups excluding carboxylic acids is 4. The Morgan fingerprint density at radius 3 is 1.98 bits per heavy atom. The fraction of sp³-hybridized carbons (Fsp3) is 0.625. The highest BCUT2D eigenvalue weighted by atomic mass is 32.2. The molecule has 4 atom stereocenters. The van der Waals surface area contributed by atoms with Crippen LogP contribution in [-0.2, 0) is 29.6 Å². The lowest BCUT2D eigenvalue weighted by molar-refractivity contribution is -0.160. The zero-order valence-electron chi connectivity index (χ0n) is 26.8. The van der Waals surface area contributed by atoms with Crippen molar-refractivity contribution in [2.75, 3.05) is 5.75 Å². The van der Waals surface area contributed by atoms with Crippen molar-refractivity contribution in [1.29, 1.82) is 0 Å². The SMILES string of the molecule is C=C[C@@H]1C[C@H](C(=O)OC(C)(C)C)N(C(=O)OC(C)(C)C)[C@H]1[C@H](CSCc1ccccc1)N(C(C)=O)C(=O)OC(C)(C)C. The molecule has 0 spiro atoms. The number of amides is 3. The number of ether oxygens (including phenoxy) is 3. The quantitative estimate of drug-likeness (QED) is 0.186. The summed E-state index contributed by atoms with van der Waals surface area (Å²) in [4.78, 5) is 56.5. The van der Waals surface area contributed by atoms with Crippen LogP contribution in [0, 0.1) is 5.92 Å². The lowest BCUT2D eigenvalue weighted by atomic mass is 9.93. The maximum Gasteiger partial charge on any atom is 0.417 e. The van der Waals surface area contributed by atoms with Crippen LogP contribution in [0.3, 0.4) is 0 Å². The van der Waals surface area contributed by atoms with E-state index in [2.05, 4.69) is 6.58 Å². The lowest BCUT2D eigenvalue weighted by Crippen LogP contribution is -2.60. The molecule has 0 N–H and O–H groups in total. The molecule has 0 unspecified atom stereocenters. The normalized spacial score (nSPS) is 20.0. The number of likely N-dealkylation sites (tertiary alicyclic amines) is 1. The second kappa shape index (κ2) is 14.0. The molecule has 1 saturated heterocycles. The summed E-state index contributed by atoms with van der Waals surface area (Å²) in [6.07, 6.45) is 0.295. The number of hydrogen-bond donors (Lipinski definition) is 0. The van der Waals surface area contributed by atoms with Gasteiger partial charge < -0.3 is 14.2 Å². The molecule has 1 fully saturated rings. The van der Waals surface area contributed by atoms with Crippen molar-refractivity contribution in [3.05, 3.63) is 48.6 Å². The highest BCUT2D eigenvalue weighted by Gasteiger charge is 2.54. The third-order valence-corrected chi connectivity index (χ3v) is 7.35. The standard InChI is InChI=1S/C32H48N2O7S/c1-12-23-18-24(27(36)39-30(3,4)5)34(29(38)41-32(9,10)11)26(23)25(20-42-19-22-16-14-13-15-17-22)33(21(2)35)28(37)40-31(6,7)8/h12-17,23-26H,1,18-20H2,2-11H3/t23-,24-,25+,26-/m1/s1. The fourth-order valence-corrected chi connectivity index (χ4v) is 5.91. The van der Waals surface area contributed by atoms with Gasteiger partial charge in [0, 0.05) is 24.3 Å². The number of imide groups is 1. The van der Waals surface area contributed by atoms with Crippen LogP contribution in [0.1, 0.15) is 81.2 Å². The second-order valence-corrected chi connectivity index (χ2v) is 14.5. The van der Waals surface area contributed by atoms with Gasteiger partial charge in [-0.1, -0.05) is 36.4 Å². The molecule has 0 radical (unpaired) electrons. The molecule has 2 rings (SSSR count). The highest BCUT2D eigenvalue weighted by Crippen LogP contribution is 2.38. The topological polar surface area (TPSA) is 102 Å². The van der Waals surface area contributed by atoms with E-state index in [9.17, 15) is 19.2 Å². The monoisotopic (exact) mass is 604 g/mol. The van der Waals surface area contributed by atoms with Crippen molar-refractivity contribution in [3.63, 3.8) is 0 Å². The number of thioether (sulfide) groups is 1. The van der Waals surface area contributed by atoms with Crippen LogP contribution in [0.4, 0.5) is 9.59 Å². The van der Waals surface area contributed by atoms with E-state index in [0.717, 1.165) is 10.5 Å². The summed E-state index contributed by atoms with van der Waals surface area (Å²) >= 11 is 1.51. The van der Waals surface area contributed by atoms with Gasteiger partial charge in [-0.15, -0.1) is 6.58 Å². The van der Waals surface area contributed by atoms with Gasteiger partial charge in [0.25, 0.3) is 0 Å². The average Bonchev–Trinajstić information content (AvgIpc) is 3.20. The summed E-state index contributed by atoms with van der Waals surface area (Å²) in [5.74, 6) is -0.720. The molecule has 42 heavy (non-hydrogen) atoms. The number of carbonyl (C=O) groups is 4. The van der Waals surface area contributed by atoms with E-state index >= 15 is 0 Å². The van der Waals surface area contributed by atoms with E-state index in [1.54, 1.807) is 68.4 Å². The molecule has 1 aliphatic rings. The zero-order valence-corrected chi connectivity index (χ0v) is 27.6. The third kappa shape index (κ3) is 10.4. The van der Waals surface area contributed by atoms with Crippen molar-refractivity contribution in [1.82, 2.24) is 9.80 Å².